The number of hydrogen-bond acceptors (Lipinski definition) is 4. The molecule has 0 saturated heterocycles. The Labute approximate surface area is 81.4 Å². The average Bonchev–Trinajstić information content (AvgIpc) is 2.02. The molecule has 0 radical (unpaired) electrons. The van der Waals surface area contributed by atoms with Crippen LogP contribution in [-0.2, 0) is 9.84 Å². The summed E-state index contributed by atoms with van der Waals surface area (Å²) in [5.41, 5.74) is 4.77. The molecule has 0 bridgehead atoms. The second-order valence-corrected chi connectivity index (χ2v) is 4.68. The lowest BCUT2D eigenvalue weighted by Crippen LogP contribution is -2.16. The molecule has 5 nitrogen and oxygen atoms in total. The molecular formula is C8H9NO4S. The molecule has 76 valence electrons. The number of carbonyl (C=O) groups is 1. The zero-order valence-corrected chi connectivity index (χ0v) is 8.24. The third-order valence-corrected chi connectivity index (χ3v) is 2.60. The summed E-state index contributed by atoms with van der Waals surface area (Å²) in [7, 11) is -3.22. The number of hydrogen-bond donors (Lipinski definition) is 1. The van der Waals surface area contributed by atoms with Crippen LogP contribution in [0, 0.1) is 0 Å². The van der Waals surface area contributed by atoms with Gasteiger partial charge in [-0.2, -0.15) is 0 Å². The summed E-state index contributed by atoms with van der Waals surface area (Å²) in [5, 5.41) is 0. The second-order valence-electron chi connectivity index (χ2n) is 2.66. The fourth-order valence-corrected chi connectivity index (χ4v) is 1.50. The van der Waals surface area contributed by atoms with Crippen LogP contribution in [0.4, 0.5) is 4.79 Å². The monoisotopic (exact) mass is 215 g/mol. The van der Waals surface area contributed by atoms with Gasteiger partial charge in [0.05, 0.1) is 4.90 Å². The lowest BCUT2D eigenvalue weighted by Gasteiger charge is -2.01. The maximum atomic E-state index is 11.0. The number of amides is 1. The Morgan fingerprint density at radius 3 is 2.14 bits per heavy atom. The number of sulfone groups is 1. The van der Waals surface area contributed by atoms with Crippen LogP contribution in [0.2, 0.25) is 0 Å². The first-order chi connectivity index (χ1) is 6.39. The van der Waals surface area contributed by atoms with Gasteiger partial charge in [0.25, 0.3) is 0 Å². The van der Waals surface area contributed by atoms with Crippen molar-refractivity contribution in [2.24, 2.45) is 5.73 Å². The average molecular weight is 215 g/mol. The highest BCUT2D eigenvalue weighted by molar-refractivity contribution is 7.90. The molecule has 0 heterocycles. The zero-order chi connectivity index (χ0) is 10.8. The number of benzene rings is 1. The number of carbonyl (C=O) groups excluding carboxylic acids is 1. The fraction of sp³-hybridized carbons (Fsp3) is 0.125. The Morgan fingerprint density at radius 2 is 1.79 bits per heavy atom. The van der Waals surface area contributed by atoms with E-state index in [1.807, 2.05) is 0 Å². The molecule has 2 N–H and O–H groups in total. The van der Waals surface area contributed by atoms with Crippen molar-refractivity contribution in [1.29, 1.82) is 0 Å². The topological polar surface area (TPSA) is 86.5 Å². The Kier molecular flexibility index (Phi) is 2.76. The molecule has 1 rings (SSSR count). The van der Waals surface area contributed by atoms with Crippen molar-refractivity contribution >= 4 is 15.9 Å². The molecule has 0 unspecified atom stereocenters. The first-order valence-corrected chi connectivity index (χ1v) is 5.56. The predicted molar refractivity (Wildman–Crippen MR) is 49.8 cm³/mol. The summed E-state index contributed by atoms with van der Waals surface area (Å²) < 4.78 is 26.6. The quantitative estimate of drug-likeness (QED) is 0.780. The molecule has 0 saturated carbocycles. The molecule has 6 heteroatoms. The van der Waals surface area contributed by atoms with E-state index in [4.69, 9.17) is 5.73 Å². The SMILES string of the molecule is CS(=O)(=O)c1ccc(OC(N)=O)cc1. The van der Waals surface area contributed by atoms with Crippen LogP contribution >= 0.6 is 0 Å². The number of rotatable bonds is 2. The molecule has 0 fully saturated rings. The number of nitrogens with two attached hydrogens (primary N) is 1. The second kappa shape index (κ2) is 3.67. The third-order valence-electron chi connectivity index (χ3n) is 1.47. The molecule has 0 spiro atoms. The fourth-order valence-electron chi connectivity index (χ4n) is 0.871. The lowest BCUT2D eigenvalue weighted by atomic mass is 10.3. The molecule has 14 heavy (non-hydrogen) atoms. The van der Waals surface area contributed by atoms with E-state index in [9.17, 15) is 13.2 Å². The molecule has 0 aliphatic rings. The maximum absolute atomic E-state index is 11.0. The molecule has 0 aliphatic carbocycles. The van der Waals surface area contributed by atoms with Gasteiger partial charge >= 0.3 is 6.09 Å². The normalized spacial score (nSPS) is 10.9. The minimum atomic E-state index is -3.22. The van der Waals surface area contributed by atoms with Gasteiger partial charge < -0.3 is 10.5 Å². The molecule has 0 aliphatic heterocycles. The van der Waals surface area contributed by atoms with Crippen LogP contribution in [0.1, 0.15) is 0 Å². The summed E-state index contributed by atoms with van der Waals surface area (Å²) in [5.74, 6) is 0.213. The molecule has 0 atom stereocenters. The summed E-state index contributed by atoms with van der Waals surface area (Å²) in [6.07, 6.45) is 0.161. The van der Waals surface area contributed by atoms with E-state index in [0.717, 1.165) is 6.26 Å². The van der Waals surface area contributed by atoms with E-state index in [2.05, 4.69) is 4.74 Å². The van der Waals surface area contributed by atoms with E-state index in [-0.39, 0.29) is 10.6 Å². The van der Waals surface area contributed by atoms with Crippen LogP contribution in [0.3, 0.4) is 0 Å². The molecule has 1 aromatic rings. The van der Waals surface area contributed by atoms with E-state index in [0.29, 0.717) is 0 Å². The molecular weight excluding hydrogens is 206 g/mol. The smallest absolute Gasteiger partial charge is 0.409 e. The Morgan fingerprint density at radius 1 is 1.29 bits per heavy atom. The van der Waals surface area contributed by atoms with Gasteiger partial charge in [0.1, 0.15) is 5.75 Å². The first-order valence-electron chi connectivity index (χ1n) is 3.67. The van der Waals surface area contributed by atoms with Gasteiger partial charge in [0.2, 0.25) is 0 Å². The van der Waals surface area contributed by atoms with Crippen LogP contribution in [-0.4, -0.2) is 20.8 Å². The summed E-state index contributed by atoms with van der Waals surface area (Å²) in [6, 6.07) is 5.41. The van der Waals surface area contributed by atoms with Crippen molar-refractivity contribution in [3.8, 4) is 5.75 Å². The van der Waals surface area contributed by atoms with Crippen molar-refractivity contribution in [2.45, 2.75) is 4.90 Å². The van der Waals surface area contributed by atoms with E-state index in [1.54, 1.807) is 0 Å². The van der Waals surface area contributed by atoms with Crippen LogP contribution < -0.4 is 10.5 Å². The van der Waals surface area contributed by atoms with Crippen LogP contribution in [0.5, 0.6) is 5.75 Å². The highest BCUT2D eigenvalue weighted by atomic mass is 32.2. The predicted octanol–water partition coefficient (Wildman–Crippen LogP) is 0.548. The van der Waals surface area contributed by atoms with Crippen molar-refractivity contribution in [3.63, 3.8) is 0 Å². The lowest BCUT2D eigenvalue weighted by molar-refractivity contribution is 0.211. The van der Waals surface area contributed by atoms with Gasteiger partial charge in [0, 0.05) is 6.26 Å². The summed E-state index contributed by atoms with van der Waals surface area (Å²) in [4.78, 5) is 10.5. The maximum Gasteiger partial charge on any atom is 0.409 e. The Balaban J connectivity index is 2.95. The Bertz CT molecular complexity index is 435. The number of ether oxygens (including phenoxy) is 1. The minimum Gasteiger partial charge on any atom is -0.411 e. The minimum absolute atomic E-state index is 0.161. The first kappa shape index (κ1) is 10.5. The van der Waals surface area contributed by atoms with Gasteiger partial charge in [-0.15, -0.1) is 0 Å². The van der Waals surface area contributed by atoms with Gasteiger partial charge in [-0.05, 0) is 24.3 Å². The molecule has 0 aromatic heterocycles. The highest BCUT2D eigenvalue weighted by Gasteiger charge is 2.06. The largest absolute Gasteiger partial charge is 0.411 e. The van der Waals surface area contributed by atoms with Crippen LogP contribution in [0.25, 0.3) is 0 Å². The van der Waals surface area contributed by atoms with Gasteiger partial charge in [-0.3, -0.25) is 0 Å². The highest BCUT2D eigenvalue weighted by Crippen LogP contribution is 2.15. The number of primary amides is 1. The Hall–Kier alpha value is -1.56. The van der Waals surface area contributed by atoms with Gasteiger partial charge in [-0.25, -0.2) is 13.2 Å². The van der Waals surface area contributed by atoms with E-state index in [1.165, 1.54) is 24.3 Å². The van der Waals surface area contributed by atoms with Crippen LogP contribution in [0.15, 0.2) is 29.2 Å². The van der Waals surface area contributed by atoms with E-state index < -0.39 is 15.9 Å². The summed E-state index contributed by atoms with van der Waals surface area (Å²) >= 11 is 0. The van der Waals surface area contributed by atoms with Crippen molar-refractivity contribution in [2.75, 3.05) is 6.26 Å². The molecule has 1 amide bonds. The van der Waals surface area contributed by atoms with Gasteiger partial charge in [-0.1, -0.05) is 0 Å². The van der Waals surface area contributed by atoms with Crippen molar-refractivity contribution in [1.82, 2.24) is 0 Å². The van der Waals surface area contributed by atoms with E-state index >= 15 is 0 Å². The standard InChI is InChI=1S/C8H9NO4S/c1-14(11,12)7-4-2-6(3-5-7)13-8(9)10/h2-5H,1H3,(H2,9,10). The summed E-state index contributed by atoms with van der Waals surface area (Å²) in [6.45, 7) is 0. The molecule has 1 aromatic carbocycles. The third kappa shape index (κ3) is 2.74. The zero-order valence-electron chi connectivity index (χ0n) is 7.43. The van der Waals surface area contributed by atoms with Crippen molar-refractivity contribution in [3.05, 3.63) is 24.3 Å². The van der Waals surface area contributed by atoms with Crippen molar-refractivity contribution < 1.29 is 17.9 Å². The van der Waals surface area contributed by atoms with Gasteiger partial charge in [0.15, 0.2) is 9.84 Å².